The third kappa shape index (κ3) is 3.38. The molecule has 1 heterocycles. The fourth-order valence-corrected chi connectivity index (χ4v) is 3.81. The van der Waals surface area contributed by atoms with Crippen LogP contribution in [0.1, 0.15) is 36.0 Å². The second-order valence-corrected chi connectivity index (χ2v) is 6.85. The van der Waals surface area contributed by atoms with Crippen LogP contribution in [0, 0.1) is 0 Å². The van der Waals surface area contributed by atoms with Crippen molar-refractivity contribution in [3.8, 4) is 0 Å². The Morgan fingerprint density at radius 2 is 1.81 bits per heavy atom. The molecule has 2 aliphatic rings. The van der Waals surface area contributed by atoms with Gasteiger partial charge in [0.2, 0.25) is 0 Å². The third-order valence-corrected chi connectivity index (χ3v) is 5.23. The van der Waals surface area contributed by atoms with Crippen LogP contribution in [0.15, 0.2) is 23.1 Å². The van der Waals surface area contributed by atoms with Crippen LogP contribution in [-0.2, 0) is 0 Å². The molecule has 0 unspecified atom stereocenters. The van der Waals surface area contributed by atoms with Gasteiger partial charge in [-0.3, -0.25) is 9.69 Å². The molecule has 0 aromatic heterocycles. The van der Waals surface area contributed by atoms with E-state index < -0.39 is 0 Å². The van der Waals surface area contributed by atoms with E-state index in [4.69, 9.17) is 11.6 Å². The molecular weight excluding hydrogens is 304 g/mol. The topological polar surface area (TPSA) is 23.6 Å². The van der Waals surface area contributed by atoms with Crippen molar-refractivity contribution in [1.29, 1.82) is 0 Å². The van der Waals surface area contributed by atoms with Gasteiger partial charge in [-0.25, -0.2) is 0 Å². The van der Waals surface area contributed by atoms with Crippen molar-refractivity contribution in [2.24, 2.45) is 0 Å². The summed E-state index contributed by atoms with van der Waals surface area (Å²) >= 11 is 10.4. The molecule has 1 aliphatic carbocycles. The van der Waals surface area contributed by atoms with E-state index in [1.54, 1.807) is 18.2 Å². The number of nitrogens with zero attached hydrogens (tertiary/aromatic N) is 2. The van der Waals surface area contributed by atoms with Gasteiger partial charge < -0.3 is 4.90 Å². The van der Waals surface area contributed by atoms with Crippen molar-refractivity contribution in [3.05, 3.63) is 28.8 Å². The second-order valence-electron chi connectivity index (χ2n) is 5.93. The lowest BCUT2D eigenvalue weighted by atomic mass is 10.1. The summed E-state index contributed by atoms with van der Waals surface area (Å²) < 4.78 is 0. The van der Waals surface area contributed by atoms with Crippen molar-refractivity contribution in [2.75, 3.05) is 26.2 Å². The third-order valence-electron chi connectivity index (χ3n) is 4.62. The number of carbonyl (C=O) groups is 1. The molecule has 1 aromatic carbocycles. The molecule has 0 spiro atoms. The summed E-state index contributed by atoms with van der Waals surface area (Å²) in [6.07, 6.45) is 5.35. The van der Waals surface area contributed by atoms with Crippen LogP contribution in [0.25, 0.3) is 0 Å². The molecular formula is C16H21ClN2OS. The van der Waals surface area contributed by atoms with E-state index in [1.807, 2.05) is 4.90 Å². The SMILES string of the molecule is O=C(c1cc(S)ccc1Cl)N1CCN(C2CCCC2)CC1. The zero-order valence-electron chi connectivity index (χ0n) is 12.1. The van der Waals surface area contributed by atoms with Crippen LogP contribution in [0.4, 0.5) is 0 Å². The summed E-state index contributed by atoms with van der Waals surface area (Å²) in [5.41, 5.74) is 0.568. The van der Waals surface area contributed by atoms with Crippen molar-refractivity contribution in [1.82, 2.24) is 9.80 Å². The normalized spacial score (nSPS) is 21.0. The Hall–Kier alpha value is -0.710. The average Bonchev–Trinajstić information content (AvgIpc) is 3.03. The number of benzene rings is 1. The first kappa shape index (κ1) is 15.2. The minimum Gasteiger partial charge on any atom is -0.336 e. The first-order valence-corrected chi connectivity index (χ1v) is 8.49. The quantitative estimate of drug-likeness (QED) is 0.844. The fourth-order valence-electron chi connectivity index (χ4n) is 3.41. The van der Waals surface area contributed by atoms with Gasteiger partial charge in [0.05, 0.1) is 10.6 Å². The molecule has 1 saturated carbocycles. The van der Waals surface area contributed by atoms with E-state index in [-0.39, 0.29) is 5.91 Å². The molecule has 3 rings (SSSR count). The second kappa shape index (κ2) is 6.59. The van der Waals surface area contributed by atoms with Crippen LogP contribution >= 0.6 is 24.2 Å². The zero-order chi connectivity index (χ0) is 14.8. The Labute approximate surface area is 136 Å². The van der Waals surface area contributed by atoms with Gasteiger partial charge >= 0.3 is 0 Å². The number of rotatable bonds is 2. The molecule has 21 heavy (non-hydrogen) atoms. The zero-order valence-corrected chi connectivity index (χ0v) is 13.7. The predicted molar refractivity (Wildman–Crippen MR) is 88.4 cm³/mol. The lowest BCUT2D eigenvalue weighted by Crippen LogP contribution is -2.51. The highest BCUT2D eigenvalue weighted by atomic mass is 35.5. The number of thiol groups is 1. The van der Waals surface area contributed by atoms with Gasteiger partial charge in [-0.1, -0.05) is 24.4 Å². The van der Waals surface area contributed by atoms with Crippen molar-refractivity contribution < 1.29 is 4.79 Å². The maximum absolute atomic E-state index is 12.6. The van der Waals surface area contributed by atoms with Gasteiger partial charge in [-0.2, -0.15) is 0 Å². The molecule has 3 nitrogen and oxygen atoms in total. The van der Waals surface area contributed by atoms with Crippen LogP contribution in [0.5, 0.6) is 0 Å². The lowest BCUT2D eigenvalue weighted by Gasteiger charge is -2.38. The monoisotopic (exact) mass is 324 g/mol. The molecule has 114 valence electrons. The highest BCUT2D eigenvalue weighted by molar-refractivity contribution is 7.80. The summed E-state index contributed by atoms with van der Waals surface area (Å²) in [6, 6.07) is 6.05. The van der Waals surface area contributed by atoms with Crippen LogP contribution < -0.4 is 0 Å². The highest BCUT2D eigenvalue weighted by Crippen LogP contribution is 2.26. The molecule has 0 radical (unpaired) electrons. The number of hydrogen-bond acceptors (Lipinski definition) is 3. The van der Waals surface area contributed by atoms with E-state index in [1.165, 1.54) is 25.7 Å². The van der Waals surface area contributed by atoms with Crippen molar-refractivity contribution in [2.45, 2.75) is 36.6 Å². The molecule has 1 amide bonds. The van der Waals surface area contributed by atoms with Crippen molar-refractivity contribution >= 4 is 30.1 Å². The standard InChI is InChI=1S/C16H21ClN2OS/c17-15-6-5-13(21)11-14(15)16(20)19-9-7-18(8-10-19)12-3-1-2-4-12/h5-6,11-12,21H,1-4,7-10H2. The Balaban J connectivity index is 1.63. The van der Waals surface area contributed by atoms with E-state index in [0.717, 1.165) is 37.1 Å². The minimum atomic E-state index is 0.0296. The molecule has 2 fully saturated rings. The van der Waals surface area contributed by atoms with E-state index in [2.05, 4.69) is 17.5 Å². The average molecular weight is 325 g/mol. The van der Waals surface area contributed by atoms with E-state index >= 15 is 0 Å². The maximum atomic E-state index is 12.6. The van der Waals surface area contributed by atoms with Gasteiger partial charge in [-0.05, 0) is 31.0 Å². The van der Waals surface area contributed by atoms with Gasteiger partial charge in [0.1, 0.15) is 0 Å². The number of halogens is 1. The summed E-state index contributed by atoms with van der Waals surface area (Å²) in [5.74, 6) is 0.0296. The highest BCUT2D eigenvalue weighted by Gasteiger charge is 2.28. The molecule has 0 N–H and O–H groups in total. The lowest BCUT2D eigenvalue weighted by molar-refractivity contribution is 0.0573. The summed E-state index contributed by atoms with van der Waals surface area (Å²) in [7, 11) is 0. The molecule has 1 aliphatic heterocycles. The fraction of sp³-hybridized carbons (Fsp3) is 0.562. The van der Waals surface area contributed by atoms with Gasteiger partial charge in [-0.15, -0.1) is 12.6 Å². The number of amides is 1. The molecule has 1 saturated heterocycles. The molecule has 0 bridgehead atoms. The number of hydrogen-bond donors (Lipinski definition) is 1. The first-order valence-electron chi connectivity index (χ1n) is 7.67. The smallest absolute Gasteiger partial charge is 0.255 e. The Morgan fingerprint density at radius 3 is 2.48 bits per heavy atom. The number of carbonyl (C=O) groups excluding carboxylic acids is 1. The van der Waals surface area contributed by atoms with Gasteiger partial charge in [0, 0.05) is 37.1 Å². The van der Waals surface area contributed by atoms with Crippen LogP contribution in [-0.4, -0.2) is 47.9 Å². The van der Waals surface area contributed by atoms with Crippen LogP contribution in [0.3, 0.4) is 0 Å². The van der Waals surface area contributed by atoms with E-state index in [9.17, 15) is 4.79 Å². The molecule has 5 heteroatoms. The van der Waals surface area contributed by atoms with Gasteiger partial charge in [0.15, 0.2) is 0 Å². The van der Waals surface area contributed by atoms with E-state index in [0.29, 0.717) is 10.6 Å². The molecule has 0 atom stereocenters. The Morgan fingerprint density at radius 1 is 1.14 bits per heavy atom. The van der Waals surface area contributed by atoms with Crippen molar-refractivity contribution in [3.63, 3.8) is 0 Å². The Kier molecular flexibility index (Phi) is 4.77. The first-order chi connectivity index (χ1) is 10.1. The van der Waals surface area contributed by atoms with Crippen LogP contribution in [0.2, 0.25) is 5.02 Å². The maximum Gasteiger partial charge on any atom is 0.255 e. The minimum absolute atomic E-state index is 0.0296. The van der Waals surface area contributed by atoms with Gasteiger partial charge in [0.25, 0.3) is 5.91 Å². The Bertz CT molecular complexity index is 523. The predicted octanol–water partition coefficient (Wildman–Crippen LogP) is 3.33. The molecule has 1 aromatic rings. The summed E-state index contributed by atoms with van der Waals surface area (Å²) in [4.78, 5) is 17.8. The summed E-state index contributed by atoms with van der Waals surface area (Å²) in [6.45, 7) is 3.55. The summed E-state index contributed by atoms with van der Waals surface area (Å²) in [5, 5.41) is 0.510. The largest absolute Gasteiger partial charge is 0.336 e. The number of piperazine rings is 1.